The van der Waals surface area contributed by atoms with E-state index >= 15 is 0 Å². The van der Waals surface area contributed by atoms with E-state index in [2.05, 4.69) is 19.2 Å². The van der Waals surface area contributed by atoms with Crippen LogP contribution >= 0.6 is 24.2 Å². The van der Waals surface area contributed by atoms with Crippen molar-refractivity contribution in [3.8, 4) is 0 Å². The molecule has 0 aromatic rings. The van der Waals surface area contributed by atoms with Gasteiger partial charge in [0.05, 0.1) is 0 Å². The van der Waals surface area contributed by atoms with Gasteiger partial charge in [-0.15, -0.1) is 12.4 Å². The number of carbonyl (C=O) groups is 1. The first-order chi connectivity index (χ1) is 7.05. The van der Waals surface area contributed by atoms with Gasteiger partial charge in [0.1, 0.15) is 0 Å². The van der Waals surface area contributed by atoms with Crippen LogP contribution in [0.25, 0.3) is 0 Å². The van der Waals surface area contributed by atoms with Gasteiger partial charge < -0.3 is 10.2 Å². The van der Waals surface area contributed by atoms with Crippen LogP contribution in [0.15, 0.2) is 0 Å². The highest BCUT2D eigenvalue weighted by Gasteiger charge is 2.29. The Hall–Kier alpha value is 0.0700. The highest BCUT2D eigenvalue weighted by Crippen LogP contribution is 2.29. The third-order valence-corrected chi connectivity index (χ3v) is 3.89. The molecule has 1 saturated heterocycles. The molecule has 0 saturated carbocycles. The van der Waals surface area contributed by atoms with Crippen LogP contribution in [0.2, 0.25) is 0 Å². The molecule has 1 N–H and O–H groups in total. The van der Waals surface area contributed by atoms with Gasteiger partial charge in [-0.05, 0) is 33.9 Å². The van der Waals surface area contributed by atoms with Crippen molar-refractivity contribution in [3.05, 3.63) is 0 Å². The van der Waals surface area contributed by atoms with E-state index in [-0.39, 0.29) is 17.2 Å². The van der Waals surface area contributed by atoms with Crippen molar-refractivity contribution in [2.45, 2.75) is 31.4 Å². The number of nitrogens with zero attached hydrogens (tertiary/aromatic N) is 1. The Kier molecular flexibility index (Phi) is 7.44. The summed E-state index contributed by atoms with van der Waals surface area (Å²) in [5.74, 6) is 1.39. The molecule has 96 valence electrons. The lowest BCUT2D eigenvalue weighted by atomic mass is 10.1. The van der Waals surface area contributed by atoms with Crippen molar-refractivity contribution in [1.82, 2.24) is 10.2 Å². The lowest BCUT2D eigenvalue weighted by Crippen LogP contribution is -2.46. The van der Waals surface area contributed by atoms with Crippen molar-refractivity contribution in [3.63, 3.8) is 0 Å². The number of rotatable bonds is 4. The first kappa shape index (κ1) is 16.1. The van der Waals surface area contributed by atoms with Crippen molar-refractivity contribution in [2.75, 3.05) is 32.4 Å². The van der Waals surface area contributed by atoms with Crippen LogP contribution in [0.3, 0.4) is 0 Å². The topological polar surface area (TPSA) is 32.3 Å². The molecule has 1 amide bonds. The number of thioether (sulfide) groups is 1. The van der Waals surface area contributed by atoms with Gasteiger partial charge in [-0.2, -0.15) is 11.8 Å². The Balaban J connectivity index is 0.00000225. The third-order valence-electron chi connectivity index (χ3n) is 2.60. The summed E-state index contributed by atoms with van der Waals surface area (Å²) in [6.45, 7) is 7.18. The second-order valence-electron chi connectivity index (χ2n) is 4.63. The Morgan fingerprint density at radius 1 is 1.50 bits per heavy atom. The van der Waals surface area contributed by atoms with Gasteiger partial charge in [0, 0.05) is 30.0 Å². The molecule has 16 heavy (non-hydrogen) atoms. The van der Waals surface area contributed by atoms with E-state index < -0.39 is 0 Å². The molecule has 5 heteroatoms. The zero-order valence-electron chi connectivity index (χ0n) is 10.4. The smallest absolute Gasteiger partial charge is 0.222 e. The van der Waals surface area contributed by atoms with Crippen molar-refractivity contribution >= 4 is 30.1 Å². The maximum Gasteiger partial charge on any atom is 0.222 e. The van der Waals surface area contributed by atoms with Gasteiger partial charge >= 0.3 is 0 Å². The Labute approximate surface area is 109 Å². The molecular formula is C11H23ClN2OS. The van der Waals surface area contributed by atoms with Gasteiger partial charge in [0.25, 0.3) is 0 Å². The Morgan fingerprint density at radius 2 is 2.19 bits per heavy atom. The van der Waals surface area contributed by atoms with E-state index in [1.165, 1.54) is 0 Å². The normalized spacial score (nSPS) is 19.1. The largest absolute Gasteiger partial charge is 0.341 e. The number of nitrogens with one attached hydrogen (secondary N) is 1. The molecule has 0 bridgehead atoms. The van der Waals surface area contributed by atoms with E-state index in [9.17, 15) is 4.79 Å². The van der Waals surface area contributed by atoms with Crippen LogP contribution in [0.1, 0.15) is 26.7 Å². The summed E-state index contributed by atoms with van der Waals surface area (Å²) in [5, 5.41) is 3.07. The van der Waals surface area contributed by atoms with Gasteiger partial charge in [0.15, 0.2) is 0 Å². The van der Waals surface area contributed by atoms with Gasteiger partial charge in [-0.3, -0.25) is 4.79 Å². The Bertz CT molecular complexity index is 224. The summed E-state index contributed by atoms with van der Waals surface area (Å²) in [7, 11) is 1.92. The first-order valence-electron chi connectivity index (χ1n) is 5.61. The maximum absolute atomic E-state index is 11.8. The second-order valence-corrected chi connectivity index (χ2v) is 6.43. The molecule has 0 aromatic heterocycles. The summed E-state index contributed by atoms with van der Waals surface area (Å²) in [6.07, 6.45) is 1.63. The summed E-state index contributed by atoms with van der Waals surface area (Å²) >= 11 is 1.96. The van der Waals surface area contributed by atoms with E-state index in [4.69, 9.17) is 0 Å². The van der Waals surface area contributed by atoms with Crippen molar-refractivity contribution in [1.29, 1.82) is 0 Å². The van der Waals surface area contributed by atoms with Crippen molar-refractivity contribution in [2.24, 2.45) is 0 Å². The molecule has 1 aliphatic heterocycles. The monoisotopic (exact) mass is 266 g/mol. The molecular weight excluding hydrogens is 244 g/mol. The lowest BCUT2D eigenvalue weighted by molar-refractivity contribution is -0.131. The van der Waals surface area contributed by atoms with E-state index in [1.807, 2.05) is 23.7 Å². The fourth-order valence-corrected chi connectivity index (χ4v) is 2.92. The minimum atomic E-state index is 0. The molecule has 0 atom stereocenters. The zero-order valence-corrected chi connectivity index (χ0v) is 12.0. The minimum absolute atomic E-state index is 0. The van der Waals surface area contributed by atoms with E-state index in [1.54, 1.807) is 0 Å². The van der Waals surface area contributed by atoms with Crippen LogP contribution in [0.4, 0.5) is 0 Å². The van der Waals surface area contributed by atoms with Crippen LogP contribution in [-0.2, 0) is 4.79 Å². The second kappa shape index (κ2) is 7.41. The highest BCUT2D eigenvalue weighted by atomic mass is 35.5. The van der Waals surface area contributed by atoms with Crippen LogP contribution in [0, 0.1) is 0 Å². The van der Waals surface area contributed by atoms with Gasteiger partial charge in [-0.25, -0.2) is 0 Å². The van der Waals surface area contributed by atoms with Crippen LogP contribution in [-0.4, -0.2) is 48.0 Å². The third kappa shape index (κ3) is 5.41. The molecule has 1 aliphatic rings. The highest BCUT2D eigenvalue weighted by molar-refractivity contribution is 8.00. The number of halogens is 1. The molecule has 1 fully saturated rings. The molecule has 0 unspecified atom stereocenters. The zero-order chi connectivity index (χ0) is 11.3. The number of hydrogen-bond acceptors (Lipinski definition) is 3. The van der Waals surface area contributed by atoms with Crippen LogP contribution < -0.4 is 5.32 Å². The van der Waals surface area contributed by atoms with E-state index in [0.29, 0.717) is 12.3 Å². The average molecular weight is 267 g/mol. The SMILES string of the molecule is CNCCCC(=O)N1CCSC(C)(C)C1.Cl. The summed E-state index contributed by atoms with van der Waals surface area (Å²) in [4.78, 5) is 13.9. The predicted molar refractivity (Wildman–Crippen MR) is 73.5 cm³/mol. The summed E-state index contributed by atoms with van der Waals surface area (Å²) in [6, 6.07) is 0. The molecule has 3 nitrogen and oxygen atoms in total. The average Bonchev–Trinajstić information content (AvgIpc) is 2.16. The molecule has 1 rings (SSSR count). The number of hydrogen-bond donors (Lipinski definition) is 1. The number of amides is 1. The van der Waals surface area contributed by atoms with Crippen LogP contribution in [0.5, 0.6) is 0 Å². The summed E-state index contributed by atoms with van der Waals surface area (Å²) in [5.41, 5.74) is 0. The number of carbonyl (C=O) groups excluding carboxylic acids is 1. The molecule has 0 radical (unpaired) electrons. The minimum Gasteiger partial charge on any atom is -0.341 e. The quantitative estimate of drug-likeness (QED) is 0.787. The molecule has 0 spiro atoms. The lowest BCUT2D eigenvalue weighted by Gasteiger charge is -2.37. The fourth-order valence-electron chi connectivity index (χ4n) is 1.80. The van der Waals surface area contributed by atoms with Gasteiger partial charge in [-0.1, -0.05) is 0 Å². The molecule has 0 aromatic carbocycles. The molecule has 1 heterocycles. The standard InChI is InChI=1S/C11H22N2OS.ClH/c1-11(2)9-13(7-8-15-11)10(14)5-4-6-12-3;/h12H,4-9H2,1-3H3;1H. The van der Waals surface area contributed by atoms with E-state index in [0.717, 1.165) is 31.8 Å². The van der Waals surface area contributed by atoms with Crippen molar-refractivity contribution < 1.29 is 4.79 Å². The first-order valence-corrected chi connectivity index (χ1v) is 6.60. The van der Waals surface area contributed by atoms with Gasteiger partial charge in [0.2, 0.25) is 5.91 Å². The molecule has 0 aliphatic carbocycles. The Morgan fingerprint density at radius 3 is 2.75 bits per heavy atom. The fraction of sp³-hybridized carbons (Fsp3) is 0.909. The predicted octanol–water partition coefficient (Wildman–Crippen LogP) is 1.76. The summed E-state index contributed by atoms with van der Waals surface area (Å²) < 4.78 is 0.233. The maximum atomic E-state index is 11.8.